The number of benzene rings is 1. The van der Waals surface area contributed by atoms with Gasteiger partial charge in [-0.25, -0.2) is 0 Å². The van der Waals surface area contributed by atoms with Gasteiger partial charge in [-0.1, -0.05) is 12.1 Å². The molecule has 0 amide bonds. The molecule has 0 saturated heterocycles. The largest absolute Gasteiger partial charge is 0.495 e. The van der Waals surface area contributed by atoms with Crippen molar-refractivity contribution in [3.8, 4) is 5.75 Å². The van der Waals surface area contributed by atoms with E-state index in [9.17, 15) is 5.02 Å². The summed E-state index contributed by atoms with van der Waals surface area (Å²) in [5.41, 5.74) is 1.74. The van der Waals surface area contributed by atoms with Crippen LogP contribution in [0.4, 0.5) is 0 Å². The van der Waals surface area contributed by atoms with Crippen molar-refractivity contribution in [2.75, 3.05) is 13.8 Å². The van der Waals surface area contributed by atoms with Gasteiger partial charge in [-0.3, -0.25) is 5.32 Å². The fraction of sp³-hybridized carbons (Fsp3) is 0.333. The van der Waals surface area contributed by atoms with Crippen LogP contribution in [0.15, 0.2) is 18.2 Å². The third-order valence-corrected chi connectivity index (χ3v) is 2.17. The quantitative estimate of drug-likeness (QED) is 0.500. The van der Waals surface area contributed by atoms with Crippen LogP contribution in [0.5, 0.6) is 5.75 Å². The van der Waals surface area contributed by atoms with Crippen molar-refractivity contribution >= 4 is 12.6 Å². The zero-order valence-electron chi connectivity index (χ0n) is 7.99. The van der Waals surface area contributed by atoms with Gasteiger partial charge in [0.25, 0.3) is 0 Å². The van der Waals surface area contributed by atoms with Crippen molar-refractivity contribution < 1.29 is 14.4 Å². The summed E-state index contributed by atoms with van der Waals surface area (Å²) in [5, 5.41) is 12.4. The average Bonchev–Trinajstić information content (AvgIpc) is 2.58. The molecule has 5 heteroatoms. The van der Waals surface area contributed by atoms with Gasteiger partial charge in [0.05, 0.1) is 6.61 Å². The minimum atomic E-state index is -0.849. The first kappa shape index (κ1) is 9.52. The van der Waals surface area contributed by atoms with E-state index in [1.807, 2.05) is 18.2 Å². The highest BCUT2D eigenvalue weighted by atomic mass is 16.5. The van der Waals surface area contributed by atoms with Crippen molar-refractivity contribution in [1.29, 1.82) is 0 Å². The van der Waals surface area contributed by atoms with Crippen molar-refractivity contribution in [2.24, 2.45) is 0 Å². The Morgan fingerprint density at radius 2 is 2.50 bits per heavy atom. The molecule has 0 bridgehead atoms. The molecule has 0 unspecified atom stereocenters. The summed E-state index contributed by atoms with van der Waals surface area (Å²) in [5.74, 6) is 0.682. The predicted molar refractivity (Wildman–Crippen MR) is 53.4 cm³/mol. The summed E-state index contributed by atoms with van der Waals surface area (Å²) in [6.07, 6.45) is 0. The number of hydrogen-bond donors (Lipinski definition) is 2. The summed E-state index contributed by atoms with van der Waals surface area (Å²) < 4.78 is 10.5. The summed E-state index contributed by atoms with van der Waals surface area (Å²) in [6, 6.07) is 5.65. The van der Waals surface area contributed by atoms with Crippen molar-refractivity contribution in [3.05, 3.63) is 23.8 Å². The first-order valence-corrected chi connectivity index (χ1v) is 4.52. The van der Waals surface area contributed by atoms with Gasteiger partial charge in [-0.05, 0) is 18.7 Å². The minimum absolute atomic E-state index is 0.420. The van der Waals surface area contributed by atoms with Crippen LogP contribution in [-0.4, -0.2) is 25.9 Å². The molecule has 1 aromatic rings. The van der Waals surface area contributed by atoms with Crippen LogP contribution in [0.2, 0.25) is 0 Å². The minimum Gasteiger partial charge on any atom is -0.479 e. The van der Waals surface area contributed by atoms with Crippen LogP contribution in [0.25, 0.3) is 0 Å². The Hall–Kier alpha value is -1.04. The van der Waals surface area contributed by atoms with Gasteiger partial charge in [0, 0.05) is 5.46 Å². The first-order valence-electron chi connectivity index (χ1n) is 4.52. The molecule has 1 aliphatic heterocycles. The molecule has 0 fully saturated rings. The summed E-state index contributed by atoms with van der Waals surface area (Å²) in [7, 11) is 0.953. The molecule has 0 spiro atoms. The molecule has 0 radical (unpaired) electrons. The number of hydrogen-bond acceptors (Lipinski definition) is 4. The third-order valence-electron chi connectivity index (χ3n) is 2.17. The Balaban J connectivity index is 2.27. The van der Waals surface area contributed by atoms with Crippen LogP contribution >= 0.6 is 0 Å². The Morgan fingerprint density at radius 3 is 3.29 bits per heavy atom. The number of nitrogens with one attached hydrogen (secondary N) is 1. The van der Waals surface area contributed by atoms with E-state index >= 15 is 0 Å². The lowest BCUT2D eigenvalue weighted by molar-refractivity contribution is 0.274. The topological polar surface area (TPSA) is 50.7 Å². The molecule has 2 N–H and O–H groups in total. The molecule has 0 aliphatic carbocycles. The van der Waals surface area contributed by atoms with E-state index in [0.717, 1.165) is 11.0 Å². The SMILES string of the molecule is CNCOc1cccc2c1B(O)OC2. The Morgan fingerprint density at radius 1 is 1.64 bits per heavy atom. The third kappa shape index (κ3) is 1.62. The van der Waals surface area contributed by atoms with Gasteiger partial charge in [0.2, 0.25) is 0 Å². The summed E-state index contributed by atoms with van der Waals surface area (Å²) >= 11 is 0. The maximum Gasteiger partial charge on any atom is 0.495 e. The van der Waals surface area contributed by atoms with Gasteiger partial charge < -0.3 is 14.4 Å². The Kier molecular flexibility index (Phi) is 2.72. The van der Waals surface area contributed by atoms with Gasteiger partial charge in [0.1, 0.15) is 12.5 Å². The lowest BCUT2D eigenvalue weighted by atomic mass is 9.79. The molecular weight excluding hydrogens is 181 g/mol. The summed E-state index contributed by atoms with van der Waals surface area (Å²) in [6.45, 7) is 0.871. The molecule has 1 heterocycles. The van der Waals surface area contributed by atoms with Crippen LogP contribution in [0, 0.1) is 0 Å². The lowest BCUT2D eigenvalue weighted by Gasteiger charge is -2.09. The van der Waals surface area contributed by atoms with Gasteiger partial charge in [-0.2, -0.15) is 0 Å². The number of ether oxygens (including phenoxy) is 1. The smallest absolute Gasteiger partial charge is 0.479 e. The second-order valence-corrected chi connectivity index (χ2v) is 3.13. The van der Waals surface area contributed by atoms with Crippen LogP contribution in [-0.2, 0) is 11.3 Å². The van der Waals surface area contributed by atoms with E-state index in [1.54, 1.807) is 7.05 Å². The van der Waals surface area contributed by atoms with Gasteiger partial charge in [0.15, 0.2) is 0 Å². The average molecular weight is 193 g/mol. The molecule has 0 atom stereocenters. The van der Waals surface area contributed by atoms with Crippen LogP contribution in [0.3, 0.4) is 0 Å². The maximum atomic E-state index is 9.54. The van der Waals surface area contributed by atoms with E-state index in [4.69, 9.17) is 9.39 Å². The molecule has 0 aromatic heterocycles. The van der Waals surface area contributed by atoms with E-state index in [0.29, 0.717) is 19.1 Å². The molecule has 74 valence electrons. The van der Waals surface area contributed by atoms with E-state index < -0.39 is 7.12 Å². The zero-order valence-corrected chi connectivity index (χ0v) is 7.99. The highest BCUT2D eigenvalue weighted by molar-refractivity contribution is 6.62. The second-order valence-electron chi connectivity index (χ2n) is 3.13. The molecule has 2 rings (SSSR count). The van der Waals surface area contributed by atoms with Gasteiger partial charge >= 0.3 is 7.12 Å². The molecular formula is C9H12BNO3. The first-order chi connectivity index (χ1) is 6.83. The van der Waals surface area contributed by atoms with Crippen molar-refractivity contribution in [3.63, 3.8) is 0 Å². The van der Waals surface area contributed by atoms with Crippen molar-refractivity contribution in [1.82, 2.24) is 5.32 Å². The number of fused-ring (bicyclic) bond motifs is 1. The monoisotopic (exact) mass is 193 g/mol. The standard InChI is InChI=1S/C9H12BNO3/c1-11-6-13-8-4-2-3-7-5-14-10(12)9(7)8/h2-4,11-12H,5-6H2,1H3. The molecule has 0 saturated carbocycles. The fourth-order valence-corrected chi connectivity index (χ4v) is 1.52. The predicted octanol–water partition coefficient (Wildman–Crippen LogP) is -0.540. The fourth-order valence-electron chi connectivity index (χ4n) is 1.52. The Bertz CT molecular complexity index is 332. The number of rotatable bonds is 3. The molecule has 1 aromatic carbocycles. The second kappa shape index (κ2) is 4.00. The van der Waals surface area contributed by atoms with E-state index in [1.165, 1.54) is 0 Å². The van der Waals surface area contributed by atoms with Gasteiger partial charge in [-0.15, -0.1) is 0 Å². The molecule has 14 heavy (non-hydrogen) atoms. The zero-order chi connectivity index (χ0) is 9.97. The molecule has 1 aliphatic rings. The highest BCUT2D eigenvalue weighted by Crippen LogP contribution is 2.17. The summed E-state index contributed by atoms with van der Waals surface area (Å²) in [4.78, 5) is 0. The lowest BCUT2D eigenvalue weighted by Crippen LogP contribution is -2.31. The van der Waals surface area contributed by atoms with E-state index in [2.05, 4.69) is 5.32 Å². The normalized spacial score (nSPS) is 14.3. The Labute approximate surface area is 83.0 Å². The van der Waals surface area contributed by atoms with Crippen LogP contribution in [0.1, 0.15) is 5.56 Å². The van der Waals surface area contributed by atoms with Crippen LogP contribution < -0.4 is 15.5 Å². The maximum absolute atomic E-state index is 9.54. The van der Waals surface area contributed by atoms with E-state index in [-0.39, 0.29) is 0 Å². The molecule has 4 nitrogen and oxygen atoms in total. The highest BCUT2D eigenvalue weighted by Gasteiger charge is 2.30. The van der Waals surface area contributed by atoms with Crippen molar-refractivity contribution in [2.45, 2.75) is 6.61 Å².